The van der Waals surface area contributed by atoms with Gasteiger partial charge in [0.25, 0.3) is 0 Å². The van der Waals surface area contributed by atoms with Gasteiger partial charge in [0.05, 0.1) is 6.33 Å². The van der Waals surface area contributed by atoms with Crippen LogP contribution in [0.5, 0.6) is 0 Å². The van der Waals surface area contributed by atoms with Gasteiger partial charge in [0.1, 0.15) is 30.9 Å². The van der Waals surface area contributed by atoms with Crippen molar-refractivity contribution in [3.63, 3.8) is 0 Å². The lowest BCUT2D eigenvalue weighted by molar-refractivity contribution is -0.0172. The van der Waals surface area contributed by atoms with E-state index in [1.165, 1.54) is 18.8 Å². The molecule has 0 bridgehead atoms. The highest BCUT2D eigenvalue weighted by atomic mass is 35.5. The van der Waals surface area contributed by atoms with E-state index in [9.17, 15) is 4.39 Å². The predicted octanol–water partition coefficient (Wildman–Crippen LogP) is 4.28. The standard InChI is InChI=1S/C17H18ClFN4OS/c1-11-3-5-13(6-4-11)25-7-14(12(2)19)24-10-23-9-22-15-16(18)20-8-21-17(15)23/h3-6,8-9,12,14H,7,10H2,1-2H3/t12-,14-/m1/s1. The van der Waals surface area contributed by atoms with Crippen LogP contribution in [0.1, 0.15) is 12.5 Å². The maximum Gasteiger partial charge on any atom is 0.166 e. The number of alkyl halides is 1. The number of halogens is 2. The molecular weight excluding hydrogens is 363 g/mol. The van der Waals surface area contributed by atoms with Crippen molar-refractivity contribution in [1.29, 1.82) is 0 Å². The number of aromatic nitrogens is 4. The zero-order valence-corrected chi connectivity index (χ0v) is 15.5. The fourth-order valence-electron chi connectivity index (χ4n) is 2.25. The first-order chi connectivity index (χ1) is 12.0. The molecule has 0 saturated heterocycles. The summed E-state index contributed by atoms with van der Waals surface area (Å²) in [6, 6.07) is 8.14. The smallest absolute Gasteiger partial charge is 0.166 e. The van der Waals surface area contributed by atoms with Crippen LogP contribution in [-0.2, 0) is 11.5 Å². The molecule has 0 unspecified atom stereocenters. The van der Waals surface area contributed by atoms with Gasteiger partial charge in [0.15, 0.2) is 10.8 Å². The van der Waals surface area contributed by atoms with E-state index in [-0.39, 0.29) is 11.9 Å². The summed E-state index contributed by atoms with van der Waals surface area (Å²) in [5.41, 5.74) is 2.27. The quantitative estimate of drug-likeness (QED) is 0.452. The third kappa shape index (κ3) is 4.48. The predicted molar refractivity (Wildman–Crippen MR) is 97.7 cm³/mol. The number of rotatable bonds is 7. The van der Waals surface area contributed by atoms with Gasteiger partial charge in [-0.05, 0) is 26.0 Å². The molecule has 8 heteroatoms. The Morgan fingerprint density at radius 3 is 2.72 bits per heavy atom. The summed E-state index contributed by atoms with van der Waals surface area (Å²) in [5.74, 6) is 0.517. The third-order valence-electron chi connectivity index (χ3n) is 3.73. The van der Waals surface area contributed by atoms with E-state index < -0.39 is 12.3 Å². The van der Waals surface area contributed by atoms with Gasteiger partial charge in [-0.15, -0.1) is 11.8 Å². The van der Waals surface area contributed by atoms with Crippen molar-refractivity contribution in [3.8, 4) is 0 Å². The lowest BCUT2D eigenvalue weighted by atomic mass is 10.2. The molecule has 1 aromatic carbocycles. The van der Waals surface area contributed by atoms with E-state index in [0.29, 0.717) is 16.9 Å². The Labute approximate surface area is 154 Å². The average Bonchev–Trinajstić information content (AvgIpc) is 3.01. The first kappa shape index (κ1) is 18.1. The summed E-state index contributed by atoms with van der Waals surface area (Å²) in [4.78, 5) is 13.3. The van der Waals surface area contributed by atoms with Gasteiger partial charge in [-0.3, -0.25) is 4.57 Å². The van der Waals surface area contributed by atoms with E-state index in [2.05, 4.69) is 15.0 Å². The molecule has 2 aromatic heterocycles. The van der Waals surface area contributed by atoms with Gasteiger partial charge < -0.3 is 4.74 Å². The van der Waals surface area contributed by atoms with Crippen molar-refractivity contribution in [3.05, 3.63) is 47.6 Å². The lowest BCUT2D eigenvalue weighted by Crippen LogP contribution is -2.26. The van der Waals surface area contributed by atoms with E-state index >= 15 is 0 Å². The van der Waals surface area contributed by atoms with Crippen LogP contribution in [-0.4, -0.2) is 37.5 Å². The Bertz CT molecular complexity index is 840. The van der Waals surface area contributed by atoms with Crippen molar-refractivity contribution in [2.24, 2.45) is 0 Å². The molecule has 0 amide bonds. The summed E-state index contributed by atoms with van der Waals surface area (Å²) in [5, 5.41) is 0.286. The normalized spacial score (nSPS) is 13.9. The monoisotopic (exact) mass is 380 g/mol. The second-order valence-corrected chi connectivity index (χ2v) is 7.14. The first-order valence-electron chi connectivity index (χ1n) is 7.81. The Balaban J connectivity index is 1.63. The van der Waals surface area contributed by atoms with E-state index in [1.54, 1.807) is 22.7 Å². The highest BCUT2D eigenvalue weighted by Gasteiger charge is 2.19. The SMILES string of the molecule is Cc1ccc(SC[C@@H](OCn2cnc3c(Cl)ncnc32)[C@@H](C)F)cc1. The highest BCUT2D eigenvalue weighted by molar-refractivity contribution is 7.99. The van der Waals surface area contributed by atoms with Crippen molar-refractivity contribution in [2.75, 3.05) is 5.75 Å². The molecular formula is C17H18ClFN4OS. The fraction of sp³-hybridized carbons (Fsp3) is 0.353. The molecule has 0 fully saturated rings. The van der Waals surface area contributed by atoms with Crippen molar-refractivity contribution >= 4 is 34.5 Å². The molecule has 3 rings (SSSR count). The number of hydrogen-bond donors (Lipinski definition) is 0. The molecule has 0 spiro atoms. The molecule has 0 aliphatic carbocycles. The summed E-state index contributed by atoms with van der Waals surface area (Å²) in [6.07, 6.45) is 1.30. The third-order valence-corrected chi connectivity index (χ3v) is 5.11. The van der Waals surface area contributed by atoms with Crippen LogP contribution in [0.3, 0.4) is 0 Å². The number of imidazole rings is 1. The minimum absolute atomic E-state index is 0.150. The zero-order valence-electron chi connectivity index (χ0n) is 13.9. The van der Waals surface area contributed by atoms with Crippen LogP contribution in [0, 0.1) is 6.92 Å². The van der Waals surface area contributed by atoms with Crippen LogP contribution in [0.4, 0.5) is 4.39 Å². The first-order valence-corrected chi connectivity index (χ1v) is 9.17. The van der Waals surface area contributed by atoms with Crippen molar-refractivity contribution < 1.29 is 9.13 Å². The summed E-state index contributed by atoms with van der Waals surface area (Å²) < 4.78 is 21.4. The summed E-state index contributed by atoms with van der Waals surface area (Å²) in [6.45, 7) is 3.69. The number of hydrogen-bond acceptors (Lipinski definition) is 5. The van der Waals surface area contributed by atoms with Gasteiger partial charge in [-0.25, -0.2) is 19.3 Å². The molecule has 0 aliphatic rings. The number of aryl methyl sites for hydroxylation is 1. The van der Waals surface area contributed by atoms with Gasteiger partial charge in [0.2, 0.25) is 0 Å². The largest absolute Gasteiger partial charge is 0.354 e. The fourth-order valence-corrected chi connectivity index (χ4v) is 3.47. The number of benzene rings is 1. The Kier molecular flexibility index (Phi) is 5.88. The zero-order chi connectivity index (χ0) is 17.8. The van der Waals surface area contributed by atoms with Crippen LogP contribution >= 0.6 is 23.4 Å². The molecule has 0 N–H and O–H groups in total. The molecule has 2 heterocycles. The van der Waals surface area contributed by atoms with Crippen LogP contribution in [0.2, 0.25) is 5.15 Å². The Hall–Kier alpha value is -1.70. The lowest BCUT2D eigenvalue weighted by Gasteiger charge is -2.19. The topological polar surface area (TPSA) is 52.8 Å². The maximum atomic E-state index is 13.9. The second kappa shape index (κ2) is 8.12. The van der Waals surface area contributed by atoms with Gasteiger partial charge >= 0.3 is 0 Å². The summed E-state index contributed by atoms with van der Waals surface area (Å²) >= 11 is 7.55. The van der Waals surface area contributed by atoms with Gasteiger partial charge in [-0.2, -0.15) is 0 Å². The highest BCUT2D eigenvalue weighted by Crippen LogP contribution is 2.23. The Morgan fingerprint density at radius 1 is 1.24 bits per heavy atom. The molecule has 0 radical (unpaired) electrons. The van der Waals surface area contributed by atoms with Crippen molar-refractivity contribution in [1.82, 2.24) is 19.5 Å². The van der Waals surface area contributed by atoms with Gasteiger partial charge in [-0.1, -0.05) is 29.3 Å². The minimum Gasteiger partial charge on any atom is -0.354 e. The van der Waals surface area contributed by atoms with Gasteiger partial charge in [0, 0.05) is 10.6 Å². The van der Waals surface area contributed by atoms with E-state index in [1.807, 2.05) is 31.2 Å². The molecule has 3 aromatic rings. The number of fused-ring (bicyclic) bond motifs is 1. The van der Waals surface area contributed by atoms with E-state index in [4.69, 9.17) is 16.3 Å². The van der Waals surface area contributed by atoms with E-state index in [0.717, 1.165) is 4.90 Å². The molecule has 5 nitrogen and oxygen atoms in total. The van der Waals surface area contributed by atoms with Crippen molar-refractivity contribution in [2.45, 2.75) is 37.7 Å². The molecule has 0 saturated carbocycles. The van der Waals surface area contributed by atoms with Crippen LogP contribution < -0.4 is 0 Å². The average molecular weight is 381 g/mol. The molecule has 132 valence electrons. The maximum absolute atomic E-state index is 13.9. The molecule has 25 heavy (non-hydrogen) atoms. The van der Waals surface area contributed by atoms with Crippen LogP contribution in [0.25, 0.3) is 11.2 Å². The minimum atomic E-state index is -1.09. The number of ether oxygens (including phenoxy) is 1. The number of nitrogens with zero attached hydrogens (tertiary/aromatic N) is 4. The second-order valence-electron chi connectivity index (χ2n) is 5.69. The number of thioether (sulfide) groups is 1. The van der Waals surface area contributed by atoms with Crippen LogP contribution in [0.15, 0.2) is 41.8 Å². The molecule has 0 aliphatic heterocycles. The summed E-state index contributed by atoms with van der Waals surface area (Å²) in [7, 11) is 0. The Morgan fingerprint density at radius 2 is 2.00 bits per heavy atom. The molecule has 2 atom stereocenters.